The van der Waals surface area contributed by atoms with Crippen LogP contribution in [0.3, 0.4) is 0 Å². The van der Waals surface area contributed by atoms with Gasteiger partial charge in [0.15, 0.2) is 0 Å². The van der Waals surface area contributed by atoms with Gasteiger partial charge >= 0.3 is 0 Å². The highest BCUT2D eigenvalue weighted by Gasteiger charge is 2.35. The monoisotopic (exact) mass is 329 g/mol. The van der Waals surface area contributed by atoms with Crippen molar-refractivity contribution >= 4 is 17.5 Å². The molecule has 2 nitrogen and oxygen atoms in total. The van der Waals surface area contributed by atoms with Gasteiger partial charge in [-0.05, 0) is 30.4 Å². The zero-order chi connectivity index (χ0) is 16.5. The van der Waals surface area contributed by atoms with Crippen LogP contribution in [0, 0.1) is 23.0 Å². The van der Waals surface area contributed by atoms with Crippen molar-refractivity contribution in [3.8, 4) is 0 Å². The number of nitrogens with one attached hydrogen (secondary N) is 1. The van der Waals surface area contributed by atoms with E-state index in [4.69, 9.17) is 11.6 Å². The van der Waals surface area contributed by atoms with Gasteiger partial charge in [-0.2, -0.15) is 0 Å². The van der Waals surface area contributed by atoms with Crippen LogP contribution >= 0.6 is 11.6 Å². The predicted molar refractivity (Wildman–Crippen MR) is 83.7 cm³/mol. The third kappa shape index (κ3) is 3.60. The molecule has 1 aromatic carbocycles. The molecule has 5 heteroatoms. The van der Waals surface area contributed by atoms with Gasteiger partial charge in [0, 0.05) is 11.5 Å². The number of hydrogen-bond acceptors (Lipinski definition) is 1. The molecule has 0 bridgehead atoms. The molecule has 0 spiro atoms. The molecule has 1 atom stereocenters. The number of rotatable bonds is 3. The Morgan fingerprint density at radius 3 is 2.41 bits per heavy atom. The Bertz CT molecular complexity index is 563. The van der Waals surface area contributed by atoms with E-state index >= 15 is 0 Å². The molecule has 1 aromatic rings. The molecule has 0 heterocycles. The van der Waals surface area contributed by atoms with E-state index in [9.17, 15) is 13.6 Å². The van der Waals surface area contributed by atoms with Gasteiger partial charge in [0.05, 0.1) is 11.1 Å². The van der Waals surface area contributed by atoms with Crippen LogP contribution < -0.4 is 5.32 Å². The fourth-order valence-electron chi connectivity index (χ4n) is 2.98. The van der Waals surface area contributed by atoms with Crippen LogP contribution in [0.25, 0.3) is 0 Å². The maximum atomic E-state index is 14.3. The second-order valence-electron chi connectivity index (χ2n) is 7.05. The Balaban J connectivity index is 2.35. The molecule has 1 aliphatic rings. The lowest BCUT2D eigenvalue weighted by Gasteiger charge is -2.33. The Kier molecular flexibility index (Phi) is 5.10. The first-order chi connectivity index (χ1) is 10.2. The topological polar surface area (TPSA) is 29.1 Å². The number of amides is 1. The fourth-order valence-corrected chi connectivity index (χ4v) is 3.14. The number of carbonyl (C=O) groups excluding carboxylic acids is 1. The molecule has 0 radical (unpaired) electrons. The van der Waals surface area contributed by atoms with Crippen LogP contribution in [-0.2, 0) is 4.79 Å². The Morgan fingerprint density at radius 1 is 1.27 bits per heavy atom. The summed E-state index contributed by atoms with van der Waals surface area (Å²) < 4.78 is 28.5. The first-order valence-electron chi connectivity index (χ1n) is 7.65. The van der Waals surface area contributed by atoms with Crippen molar-refractivity contribution in [1.82, 2.24) is 5.32 Å². The highest BCUT2D eigenvalue weighted by atomic mass is 35.5. The van der Waals surface area contributed by atoms with Crippen molar-refractivity contribution in [2.24, 2.45) is 11.3 Å². The van der Waals surface area contributed by atoms with Crippen LogP contribution in [0.4, 0.5) is 8.78 Å². The molecular weight excluding hydrogens is 308 g/mol. The highest BCUT2D eigenvalue weighted by molar-refractivity contribution is 6.30. The standard InChI is InChI=1S/C17H22ClF2NO/c1-17(2,3)15(21-16(22)10-6-4-5-7-10)13-12(19)9-8-11(18)14(13)20/h8-10,15H,4-7H2,1-3H3,(H,21,22)/t15-/m1/s1. The van der Waals surface area contributed by atoms with Gasteiger partial charge in [0.25, 0.3) is 0 Å². The molecular formula is C17H22ClF2NO. The van der Waals surface area contributed by atoms with E-state index in [1.165, 1.54) is 6.07 Å². The summed E-state index contributed by atoms with van der Waals surface area (Å²) in [6, 6.07) is 1.56. The zero-order valence-corrected chi connectivity index (χ0v) is 13.9. The van der Waals surface area contributed by atoms with Crippen LogP contribution in [0.5, 0.6) is 0 Å². The normalized spacial score (nSPS) is 17.5. The SMILES string of the molecule is CC(C)(C)[C@H](NC(=O)C1CCCC1)c1c(F)ccc(Cl)c1F. The van der Waals surface area contributed by atoms with Gasteiger partial charge in [-0.3, -0.25) is 4.79 Å². The van der Waals surface area contributed by atoms with Crippen molar-refractivity contribution in [3.05, 3.63) is 34.4 Å². The Labute approximate surface area is 135 Å². The number of hydrogen-bond donors (Lipinski definition) is 1. The molecule has 1 amide bonds. The predicted octanol–water partition coefficient (Wildman–Crippen LogP) is 5.01. The average molecular weight is 330 g/mol. The molecule has 1 fully saturated rings. The van der Waals surface area contributed by atoms with E-state index in [1.54, 1.807) is 0 Å². The molecule has 0 aromatic heterocycles. The van der Waals surface area contributed by atoms with E-state index in [1.807, 2.05) is 20.8 Å². The lowest BCUT2D eigenvalue weighted by molar-refractivity contribution is -0.126. The van der Waals surface area contributed by atoms with Crippen molar-refractivity contribution in [2.75, 3.05) is 0 Å². The Hall–Kier alpha value is -1.16. The van der Waals surface area contributed by atoms with Gasteiger partial charge in [-0.15, -0.1) is 0 Å². The molecule has 1 saturated carbocycles. The minimum Gasteiger partial charge on any atom is -0.348 e. The summed E-state index contributed by atoms with van der Waals surface area (Å²) in [4.78, 5) is 12.4. The number of benzene rings is 1. The molecule has 2 rings (SSSR count). The third-order valence-corrected chi connectivity index (χ3v) is 4.54. The van der Waals surface area contributed by atoms with Crippen LogP contribution in [0.2, 0.25) is 5.02 Å². The summed E-state index contributed by atoms with van der Waals surface area (Å²) >= 11 is 5.79. The molecule has 0 aliphatic heterocycles. The molecule has 0 saturated heterocycles. The van der Waals surface area contributed by atoms with E-state index in [-0.39, 0.29) is 22.4 Å². The lowest BCUT2D eigenvalue weighted by atomic mass is 9.81. The summed E-state index contributed by atoms with van der Waals surface area (Å²) in [5.74, 6) is -1.67. The fraction of sp³-hybridized carbons (Fsp3) is 0.588. The summed E-state index contributed by atoms with van der Waals surface area (Å²) in [5.41, 5.74) is -0.702. The van der Waals surface area contributed by atoms with E-state index < -0.39 is 23.1 Å². The van der Waals surface area contributed by atoms with Crippen molar-refractivity contribution in [1.29, 1.82) is 0 Å². The van der Waals surface area contributed by atoms with Crippen LogP contribution in [0.1, 0.15) is 58.1 Å². The maximum absolute atomic E-state index is 14.3. The summed E-state index contributed by atoms with van der Waals surface area (Å²) in [7, 11) is 0. The van der Waals surface area contributed by atoms with E-state index in [0.717, 1.165) is 31.7 Å². The first-order valence-corrected chi connectivity index (χ1v) is 8.03. The largest absolute Gasteiger partial charge is 0.348 e. The van der Waals surface area contributed by atoms with E-state index in [2.05, 4.69) is 5.32 Å². The van der Waals surface area contributed by atoms with Gasteiger partial charge in [-0.25, -0.2) is 8.78 Å². The smallest absolute Gasteiger partial charge is 0.223 e. The second-order valence-corrected chi connectivity index (χ2v) is 7.45. The van der Waals surface area contributed by atoms with E-state index in [0.29, 0.717) is 0 Å². The minimum absolute atomic E-state index is 0.0600. The molecule has 22 heavy (non-hydrogen) atoms. The van der Waals surface area contributed by atoms with Crippen molar-refractivity contribution in [3.63, 3.8) is 0 Å². The van der Waals surface area contributed by atoms with Gasteiger partial charge in [-0.1, -0.05) is 45.2 Å². The first kappa shape index (κ1) is 17.2. The van der Waals surface area contributed by atoms with Gasteiger partial charge in [0.1, 0.15) is 11.6 Å². The number of carbonyl (C=O) groups is 1. The minimum atomic E-state index is -0.798. The van der Waals surface area contributed by atoms with Gasteiger partial charge in [0.2, 0.25) is 5.91 Å². The summed E-state index contributed by atoms with van der Waals surface area (Å²) in [6.45, 7) is 5.52. The summed E-state index contributed by atoms with van der Waals surface area (Å²) in [6.07, 6.45) is 3.72. The average Bonchev–Trinajstić information content (AvgIpc) is 2.95. The number of halogens is 3. The highest BCUT2D eigenvalue weighted by Crippen LogP contribution is 2.38. The summed E-state index contributed by atoms with van der Waals surface area (Å²) in [5, 5.41) is 2.71. The van der Waals surface area contributed by atoms with Crippen molar-refractivity contribution in [2.45, 2.75) is 52.5 Å². The van der Waals surface area contributed by atoms with Crippen LogP contribution in [0.15, 0.2) is 12.1 Å². The third-order valence-electron chi connectivity index (χ3n) is 4.25. The Morgan fingerprint density at radius 2 is 1.86 bits per heavy atom. The molecule has 1 aliphatic carbocycles. The maximum Gasteiger partial charge on any atom is 0.223 e. The molecule has 1 N–H and O–H groups in total. The van der Waals surface area contributed by atoms with Gasteiger partial charge < -0.3 is 5.32 Å². The zero-order valence-electron chi connectivity index (χ0n) is 13.2. The van der Waals surface area contributed by atoms with Crippen LogP contribution in [-0.4, -0.2) is 5.91 Å². The molecule has 0 unspecified atom stereocenters. The lowest BCUT2D eigenvalue weighted by Crippen LogP contribution is -2.40. The quantitative estimate of drug-likeness (QED) is 0.776. The molecule has 122 valence electrons. The second kappa shape index (κ2) is 6.53. The van der Waals surface area contributed by atoms with Crippen molar-refractivity contribution < 1.29 is 13.6 Å².